The van der Waals surface area contributed by atoms with Gasteiger partial charge >= 0.3 is 17.9 Å². The average molecular weight is 986 g/mol. The Balaban J connectivity index is 4.54. The van der Waals surface area contributed by atoms with Gasteiger partial charge in [0.25, 0.3) is 0 Å². The van der Waals surface area contributed by atoms with Gasteiger partial charge in [-0.25, -0.2) is 0 Å². The summed E-state index contributed by atoms with van der Waals surface area (Å²) in [5.74, 6) is -1.01. The lowest BCUT2D eigenvalue weighted by molar-refractivity contribution is -0.167. The number of ether oxygens (including phenoxy) is 3. The van der Waals surface area contributed by atoms with Crippen LogP contribution >= 0.6 is 0 Å². The highest BCUT2D eigenvalue weighted by molar-refractivity contribution is 5.71. The summed E-state index contributed by atoms with van der Waals surface area (Å²) in [7, 11) is 0. The molecule has 0 amide bonds. The number of unbranched alkanes of at least 4 members (excludes halogenated alkanes) is 23. The number of allylic oxidation sites excluding steroid dienone is 18. The Morgan fingerprint density at radius 1 is 0.282 bits per heavy atom. The summed E-state index contributed by atoms with van der Waals surface area (Å²) < 4.78 is 16.8. The molecule has 0 aromatic rings. The van der Waals surface area contributed by atoms with Crippen LogP contribution in [0.2, 0.25) is 0 Å². The number of carbonyl (C=O) groups excluding carboxylic acids is 3. The van der Waals surface area contributed by atoms with Gasteiger partial charge in [0.2, 0.25) is 0 Å². The summed E-state index contributed by atoms with van der Waals surface area (Å²) in [4.78, 5) is 38.2. The Hall–Kier alpha value is -3.93. The molecule has 0 unspecified atom stereocenters. The van der Waals surface area contributed by atoms with Crippen LogP contribution in [0.15, 0.2) is 109 Å². The van der Waals surface area contributed by atoms with Crippen LogP contribution in [0.1, 0.15) is 265 Å². The van der Waals surface area contributed by atoms with E-state index in [1.807, 2.05) is 0 Å². The van der Waals surface area contributed by atoms with E-state index in [1.165, 1.54) is 128 Å². The second-order valence-corrected chi connectivity index (χ2v) is 19.2. The molecule has 6 heteroatoms. The molecular formula is C65H108O6. The molecule has 0 rings (SSSR count). The van der Waals surface area contributed by atoms with Gasteiger partial charge in [-0.3, -0.25) is 14.4 Å². The number of hydrogen-bond acceptors (Lipinski definition) is 6. The van der Waals surface area contributed by atoms with Gasteiger partial charge in [-0.15, -0.1) is 0 Å². The zero-order chi connectivity index (χ0) is 51.4. The van der Waals surface area contributed by atoms with E-state index in [-0.39, 0.29) is 37.5 Å². The SMILES string of the molecule is CCCCC/C=C/C/C=C/C/C=C/C/C=C/CCCCCC(=O)OC[C@@H](COC(=O)CCCCCCCCC/C=C/CCCCCCCC)OC(=O)CCC/C=C/C/C=C/C/C=C/C/C=C/CCCCC. The average Bonchev–Trinajstić information content (AvgIpc) is 3.37. The first-order valence-corrected chi connectivity index (χ1v) is 29.4. The lowest BCUT2D eigenvalue weighted by Crippen LogP contribution is -2.30. The van der Waals surface area contributed by atoms with E-state index in [4.69, 9.17) is 14.2 Å². The van der Waals surface area contributed by atoms with Crippen LogP contribution in [0.5, 0.6) is 0 Å². The maximum Gasteiger partial charge on any atom is 0.306 e. The third-order valence-corrected chi connectivity index (χ3v) is 12.2. The van der Waals surface area contributed by atoms with E-state index < -0.39 is 6.10 Å². The van der Waals surface area contributed by atoms with Gasteiger partial charge in [0.05, 0.1) is 0 Å². The molecule has 0 bridgehead atoms. The summed E-state index contributed by atoms with van der Waals surface area (Å²) in [6, 6.07) is 0. The van der Waals surface area contributed by atoms with E-state index in [9.17, 15) is 14.4 Å². The Morgan fingerprint density at radius 3 is 0.887 bits per heavy atom. The van der Waals surface area contributed by atoms with Crippen LogP contribution in [0.3, 0.4) is 0 Å². The van der Waals surface area contributed by atoms with Crippen molar-refractivity contribution in [1.82, 2.24) is 0 Å². The van der Waals surface area contributed by atoms with Crippen LogP contribution in [0.4, 0.5) is 0 Å². The zero-order valence-electron chi connectivity index (χ0n) is 46.2. The molecule has 0 radical (unpaired) electrons. The molecule has 1 atom stereocenters. The molecule has 0 aliphatic heterocycles. The van der Waals surface area contributed by atoms with Crippen molar-refractivity contribution < 1.29 is 28.6 Å². The van der Waals surface area contributed by atoms with Gasteiger partial charge < -0.3 is 14.2 Å². The molecule has 0 heterocycles. The summed E-state index contributed by atoms with van der Waals surface area (Å²) >= 11 is 0. The second kappa shape index (κ2) is 58.6. The predicted molar refractivity (Wildman–Crippen MR) is 307 cm³/mol. The van der Waals surface area contributed by atoms with Gasteiger partial charge in [0.1, 0.15) is 13.2 Å². The van der Waals surface area contributed by atoms with Crippen LogP contribution in [-0.2, 0) is 28.6 Å². The fraction of sp³-hybridized carbons (Fsp3) is 0.677. The van der Waals surface area contributed by atoms with Crippen LogP contribution in [0, 0.1) is 0 Å². The van der Waals surface area contributed by atoms with Gasteiger partial charge in [-0.05, 0) is 128 Å². The van der Waals surface area contributed by atoms with Crippen LogP contribution < -0.4 is 0 Å². The van der Waals surface area contributed by atoms with Crippen LogP contribution in [-0.4, -0.2) is 37.2 Å². The van der Waals surface area contributed by atoms with Crippen molar-refractivity contribution >= 4 is 17.9 Å². The Kier molecular flexibility index (Phi) is 55.4. The minimum Gasteiger partial charge on any atom is -0.462 e. The highest BCUT2D eigenvalue weighted by atomic mass is 16.6. The van der Waals surface area contributed by atoms with E-state index in [0.717, 1.165) is 89.9 Å². The zero-order valence-corrected chi connectivity index (χ0v) is 46.2. The number of hydrogen-bond donors (Lipinski definition) is 0. The molecule has 0 aromatic heterocycles. The van der Waals surface area contributed by atoms with Crippen molar-refractivity contribution in [2.45, 2.75) is 271 Å². The van der Waals surface area contributed by atoms with E-state index in [0.29, 0.717) is 19.3 Å². The van der Waals surface area contributed by atoms with Gasteiger partial charge in [0, 0.05) is 19.3 Å². The highest BCUT2D eigenvalue weighted by Crippen LogP contribution is 2.13. The second-order valence-electron chi connectivity index (χ2n) is 19.2. The quantitative estimate of drug-likeness (QED) is 0.0261. The summed E-state index contributed by atoms with van der Waals surface area (Å²) in [5.41, 5.74) is 0. The molecular weight excluding hydrogens is 877 g/mol. The molecule has 0 saturated carbocycles. The predicted octanol–water partition coefficient (Wildman–Crippen LogP) is 19.9. The number of rotatable bonds is 52. The van der Waals surface area contributed by atoms with Gasteiger partial charge in [-0.1, -0.05) is 226 Å². The normalized spacial score (nSPS) is 12.9. The molecule has 6 nitrogen and oxygen atoms in total. The molecule has 404 valence electrons. The van der Waals surface area contributed by atoms with Crippen molar-refractivity contribution in [2.75, 3.05) is 13.2 Å². The smallest absolute Gasteiger partial charge is 0.306 e. The van der Waals surface area contributed by atoms with Crippen molar-refractivity contribution in [3.63, 3.8) is 0 Å². The van der Waals surface area contributed by atoms with Crippen molar-refractivity contribution in [3.8, 4) is 0 Å². The molecule has 0 aliphatic rings. The first kappa shape index (κ1) is 67.1. The largest absolute Gasteiger partial charge is 0.462 e. The Labute approximate surface area is 438 Å². The van der Waals surface area contributed by atoms with E-state index >= 15 is 0 Å². The van der Waals surface area contributed by atoms with Crippen molar-refractivity contribution in [3.05, 3.63) is 109 Å². The monoisotopic (exact) mass is 985 g/mol. The molecule has 0 saturated heterocycles. The number of carbonyl (C=O) groups is 3. The summed E-state index contributed by atoms with van der Waals surface area (Å²) in [6.45, 7) is 6.51. The van der Waals surface area contributed by atoms with E-state index in [2.05, 4.69) is 130 Å². The summed E-state index contributed by atoms with van der Waals surface area (Å²) in [5, 5.41) is 0. The van der Waals surface area contributed by atoms with Gasteiger partial charge in [0.15, 0.2) is 6.10 Å². The third-order valence-electron chi connectivity index (χ3n) is 12.2. The molecule has 0 spiro atoms. The van der Waals surface area contributed by atoms with Gasteiger partial charge in [-0.2, -0.15) is 0 Å². The Bertz CT molecular complexity index is 1460. The molecule has 0 fully saturated rings. The maximum absolute atomic E-state index is 12.8. The minimum atomic E-state index is -0.824. The maximum atomic E-state index is 12.8. The Morgan fingerprint density at radius 2 is 0.521 bits per heavy atom. The van der Waals surface area contributed by atoms with Crippen molar-refractivity contribution in [1.29, 1.82) is 0 Å². The molecule has 0 aliphatic carbocycles. The van der Waals surface area contributed by atoms with Crippen LogP contribution in [0.25, 0.3) is 0 Å². The number of esters is 3. The molecule has 0 aromatic carbocycles. The topological polar surface area (TPSA) is 78.9 Å². The molecule has 71 heavy (non-hydrogen) atoms. The lowest BCUT2D eigenvalue weighted by atomic mass is 10.1. The standard InChI is InChI=1S/C65H108O6/c1-4-7-10-13-16-19-22-25-28-31-32-35-37-40-43-46-49-52-55-58-64(67)70-61-62(71-65(68)59-56-53-50-47-44-41-38-34-30-27-24-21-18-15-12-9-6-3)60-69-63(66)57-54-51-48-45-42-39-36-33-29-26-23-20-17-14-11-8-5-2/h16,18-19,21,25-30,32,35,38,40-41,43,47,50,62H,4-15,17,20,22-24,31,33-34,36-37,39,42,44-46,48-49,51-61H2,1-3H3/b19-16+,21-18+,28-25+,29-26+,30-27+,35-32+,41-38+,43-40+,50-47+/t62-/m1/s1. The van der Waals surface area contributed by atoms with E-state index in [1.54, 1.807) is 0 Å². The third kappa shape index (κ3) is 56.9. The highest BCUT2D eigenvalue weighted by Gasteiger charge is 2.19. The van der Waals surface area contributed by atoms with Crippen molar-refractivity contribution in [2.24, 2.45) is 0 Å². The summed E-state index contributed by atoms with van der Waals surface area (Å²) in [6.07, 6.45) is 79.4. The fourth-order valence-electron chi connectivity index (χ4n) is 7.77. The first-order valence-electron chi connectivity index (χ1n) is 29.4. The lowest BCUT2D eigenvalue weighted by Gasteiger charge is -2.18. The molecule has 0 N–H and O–H groups in total. The fourth-order valence-corrected chi connectivity index (χ4v) is 7.77. The first-order chi connectivity index (χ1) is 35.0. The minimum absolute atomic E-state index is 0.114.